The lowest BCUT2D eigenvalue weighted by atomic mass is 10.2. The van der Waals surface area contributed by atoms with Gasteiger partial charge in [0.25, 0.3) is 0 Å². The van der Waals surface area contributed by atoms with Crippen molar-refractivity contribution >= 4 is 21.1 Å². The maximum Gasteiger partial charge on any atom is 0.240 e. The molecule has 0 saturated carbocycles. The van der Waals surface area contributed by atoms with E-state index in [1.165, 1.54) is 12.1 Å². The van der Waals surface area contributed by atoms with Gasteiger partial charge < -0.3 is 0 Å². The Kier molecular flexibility index (Phi) is 4.06. The van der Waals surface area contributed by atoms with Gasteiger partial charge in [0, 0.05) is 0 Å². The van der Waals surface area contributed by atoms with Crippen LogP contribution in [0.3, 0.4) is 0 Å². The van der Waals surface area contributed by atoms with Crippen LogP contribution in [-0.4, -0.2) is 18.4 Å². The first-order chi connectivity index (χ1) is 11.0. The van der Waals surface area contributed by atoms with E-state index in [1.54, 1.807) is 6.92 Å². The number of sulfonamides is 1. The van der Waals surface area contributed by atoms with Crippen molar-refractivity contribution in [2.45, 2.75) is 18.4 Å². The fraction of sp³-hybridized carbons (Fsp3) is 0.125. The predicted octanol–water partition coefficient (Wildman–Crippen LogP) is 2.56. The van der Waals surface area contributed by atoms with Crippen LogP contribution in [0.4, 0.5) is 4.39 Å². The van der Waals surface area contributed by atoms with Crippen molar-refractivity contribution in [1.29, 1.82) is 0 Å². The van der Waals surface area contributed by atoms with Crippen LogP contribution < -0.4 is 4.72 Å². The lowest BCUT2D eigenvalue weighted by Gasteiger charge is -2.09. The van der Waals surface area contributed by atoms with Crippen LogP contribution in [-0.2, 0) is 16.6 Å². The second-order valence-corrected chi connectivity index (χ2v) is 6.79. The van der Waals surface area contributed by atoms with Crippen LogP contribution in [0.5, 0.6) is 0 Å². The fourth-order valence-corrected chi connectivity index (χ4v) is 3.14. The van der Waals surface area contributed by atoms with Crippen LogP contribution >= 0.6 is 0 Å². The molecule has 0 radical (unpaired) electrons. The highest BCUT2D eigenvalue weighted by Crippen LogP contribution is 2.14. The van der Waals surface area contributed by atoms with Gasteiger partial charge in [0.1, 0.15) is 5.82 Å². The van der Waals surface area contributed by atoms with Crippen LogP contribution in [0, 0.1) is 12.7 Å². The van der Waals surface area contributed by atoms with E-state index < -0.39 is 15.8 Å². The first kappa shape index (κ1) is 15.5. The summed E-state index contributed by atoms with van der Waals surface area (Å²) in [6.07, 6.45) is 0. The van der Waals surface area contributed by atoms with Crippen molar-refractivity contribution in [3.8, 4) is 0 Å². The number of benzene rings is 2. The Bertz CT molecular complexity index is 957. The number of hydrogen-bond donors (Lipinski definition) is 1. The van der Waals surface area contributed by atoms with Crippen molar-refractivity contribution in [3.63, 3.8) is 0 Å². The van der Waals surface area contributed by atoms with E-state index in [9.17, 15) is 12.8 Å². The number of aryl methyl sites for hydroxylation is 1. The number of nitrogens with zero attached hydrogens (tertiary/aromatic N) is 2. The summed E-state index contributed by atoms with van der Waals surface area (Å²) < 4.78 is 39.8. The summed E-state index contributed by atoms with van der Waals surface area (Å²) in [6.45, 7) is 1.80. The second kappa shape index (κ2) is 6.02. The van der Waals surface area contributed by atoms with Crippen molar-refractivity contribution in [2.75, 3.05) is 0 Å². The molecule has 0 amide bonds. The van der Waals surface area contributed by atoms with Crippen molar-refractivity contribution < 1.29 is 12.8 Å². The lowest BCUT2D eigenvalue weighted by Crippen LogP contribution is -2.24. The molecular formula is C16H14FN3O2S. The van der Waals surface area contributed by atoms with Gasteiger partial charge in [-0.15, -0.1) is 0 Å². The van der Waals surface area contributed by atoms with Crippen molar-refractivity contribution in [3.05, 3.63) is 65.7 Å². The lowest BCUT2D eigenvalue weighted by molar-refractivity contribution is 0.579. The Morgan fingerprint density at radius 3 is 2.26 bits per heavy atom. The molecule has 0 bridgehead atoms. The van der Waals surface area contributed by atoms with Crippen LogP contribution in [0.1, 0.15) is 11.4 Å². The fourth-order valence-electron chi connectivity index (χ4n) is 2.15. The molecule has 0 aliphatic rings. The highest BCUT2D eigenvalue weighted by molar-refractivity contribution is 7.89. The van der Waals surface area contributed by atoms with Gasteiger partial charge in [-0.1, -0.05) is 12.1 Å². The summed E-state index contributed by atoms with van der Waals surface area (Å²) in [5.41, 5.74) is 2.67. The van der Waals surface area contributed by atoms with Crippen LogP contribution in [0.2, 0.25) is 0 Å². The van der Waals surface area contributed by atoms with Crippen LogP contribution in [0.25, 0.3) is 11.0 Å². The molecule has 0 spiro atoms. The molecule has 3 aromatic rings. The van der Waals surface area contributed by atoms with E-state index in [0.29, 0.717) is 16.9 Å². The molecule has 1 aromatic heterocycles. The first-order valence-corrected chi connectivity index (χ1v) is 8.41. The van der Waals surface area contributed by atoms with Gasteiger partial charge in [-0.05, 0) is 43.3 Å². The SMILES string of the molecule is Cc1nc2ccccc2nc1CNS(=O)(=O)c1ccc(F)cc1. The van der Waals surface area contributed by atoms with Gasteiger partial charge in [0.15, 0.2) is 0 Å². The second-order valence-electron chi connectivity index (χ2n) is 5.02. The molecule has 1 N–H and O–H groups in total. The maximum atomic E-state index is 12.9. The predicted molar refractivity (Wildman–Crippen MR) is 84.7 cm³/mol. The molecular weight excluding hydrogens is 317 g/mol. The minimum Gasteiger partial charge on any atom is -0.250 e. The molecule has 0 aliphatic carbocycles. The summed E-state index contributed by atoms with van der Waals surface area (Å²) in [5.74, 6) is -0.486. The summed E-state index contributed by atoms with van der Waals surface area (Å²) >= 11 is 0. The summed E-state index contributed by atoms with van der Waals surface area (Å²) in [4.78, 5) is 8.85. The standard InChI is InChI=1S/C16H14FN3O2S/c1-11-16(20-15-5-3-2-4-14(15)19-11)10-18-23(21,22)13-8-6-12(17)7-9-13/h2-9,18H,10H2,1H3. The van der Waals surface area contributed by atoms with Gasteiger partial charge in [-0.2, -0.15) is 0 Å². The Morgan fingerprint density at radius 2 is 1.61 bits per heavy atom. The Labute approximate surface area is 133 Å². The number of aromatic nitrogens is 2. The average Bonchev–Trinajstić information content (AvgIpc) is 2.53. The molecule has 0 atom stereocenters. The van der Waals surface area contributed by atoms with Crippen molar-refractivity contribution in [2.24, 2.45) is 0 Å². The molecule has 3 rings (SSSR count). The quantitative estimate of drug-likeness (QED) is 0.797. The molecule has 0 saturated heterocycles. The average molecular weight is 331 g/mol. The molecule has 23 heavy (non-hydrogen) atoms. The summed E-state index contributed by atoms with van der Waals surface area (Å²) in [6, 6.07) is 12.0. The Balaban J connectivity index is 1.85. The highest BCUT2D eigenvalue weighted by atomic mass is 32.2. The Hall–Kier alpha value is -2.38. The molecule has 0 fully saturated rings. The zero-order valence-electron chi connectivity index (χ0n) is 12.3. The zero-order valence-corrected chi connectivity index (χ0v) is 13.1. The zero-order chi connectivity index (χ0) is 16.4. The number of halogens is 1. The molecule has 0 aliphatic heterocycles. The minimum absolute atomic E-state index is 0.00491. The van der Waals surface area contributed by atoms with E-state index in [0.717, 1.165) is 17.6 Å². The monoisotopic (exact) mass is 331 g/mol. The summed E-state index contributed by atoms with van der Waals surface area (Å²) in [7, 11) is -3.73. The molecule has 5 nitrogen and oxygen atoms in total. The van der Waals surface area contributed by atoms with Gasteiger partial charge in [-0.25, -0.2) is 27.5 Å². The third-order valence-electron chi connectivity index (χ3n) is 3.40. The third kappa shape index (κ3) is 3.35. The Morgan fingerprint density at radius 1 is 1.00 bits per heavy atom. The molecule has 7 heteroatoms. The number of para-hydroxylation sites is 2. The van der Waals surface area contributed by atoms with E-state index in [4.69, 9.17) is 0 Å². The van der Waals surface area contributed by atoms with Crippen LogP contribution in [0.15, 0.2) is 53.4 Å². The molecule has 2 aromatic carbocycles. The van der Waals surface area contributed by atoms with E-state index in [1.807, 2.05) is 24.3 Å². The number of nitrogens with one attached hydrogen (secondary N) is 1. The third-order valence-corrected chi connectivity index (χ3v) is 4.81. The number of hydrogen-bond acceptors (Lipinski definition) is 4. The normalized spacial score (nSPS) is 11.7. The van der Waals surface area contributed by atoms with Gasteiger partial charge in [0.2, 0.25) is 10.0 Å². The molecule has 1 heterocycles. The highest BCUT2D eigenvalue weighted by Gasteiger charge is 2.15. The smallest absolute Gasteiger partial charge is 0.240 e. The van der Waals surface area contributed by atoms with Gasteiger partial charge in [-0.3, -0.25) is 0 Å². The minimum atomic E-state index is -3.73. The largest absolute Gasteiger partial charge is 0.250 e. The van der Waals surface area contributed by atoms with E-state index in [2.05, 4.69) is 14.7 Å². The topological polar surface area (TPSA) is 72.0 Å². The first-order valence-electron chi connectivity index (χ1n) is 6.93. The van der Waals surface area contributed by atoms with E-state index >= 15 is 0 Å². The molecule has 0 unspecified atom stereocenters. The van der Waals surface area contributed by atoms with Gasteiger partial charge >= 0.3 is 0 Å². The molecule has 118 valence electrons. The number of fused-ring (bicyclic) bond motifs is 1. The maximum absolute atomic E-state index is 12.9. The van der Waals surface area contributed by atoms with E-state index in [-0.39, 0.29) is 11.4 Å². The number of rotatable bonds is 4. The van der Waals surface area contributed by atoms with Crippen molar-refractivity contribution in [1.82, 2.24) is 14.7 Å². The van der Waals surface area contributed by atoms with Gasteiger partial charge in [0.05, 0.1) is 33.9 Å². The summed E-state index contributed by atoms with van der Waals surface area (Å²) in [5, 5.41) is 0.